The van der Waals surface area contributed by atoms with E-state index in [0.29, 0.717) is 23.6 Å². The summed E-state index contributed by atoms with van der Waals surface area (Å²) in [5.41, 5.74) is 0.662. The number of aryl methyl sites for hydroxylation is 1. The van der Waals surface area contributed by atoms with Crippen LogP contribution >= 0.6 is 0 Å². The van der Waals surface area contributed by atoms with E-state index >= 15 is 0 Å². The minimum absolute atomic E-state index is 0.0145. The molecule has 2 aliphatic heterocycles. The van der Waals surface area contributed by atoms with E-state index in [4.69, 9.17) is 0 Å². The largest absolute Gasteiger partial charge is 0.416 e. The van der Waals surface area contributed by atoms with Gasteiger partial charge in [0.15, 0.2) is 0 Å². The quantitative estimate of drug-likeness (QED) is 0.845. The second kappa shape index (κ2) is 6.30. The van der Waals surface area contributed by atoms with Gasteiger partial charge < -0.3 is 5.32 Å². The van der Waals surface area contributed by atoms with E-state index in [0.717, 1.165) is 37.1 Å². The monoisotopic (exact) mass is 376 g/mol. The summed E-state index contributed by atoms with van der Waals surface area (Å²) in [6, 6.07) is 6.54. The van der Waals surface area contributed by atoms with E-state index in [9.17, 15) is 18.0 Å². The molecule has 2 N–H and O–H groups in total. The van der Waals surface area contributed by atoms with Crippen LogP contribution in [0.4, 0.5) is 13.2 Å². The summed E-state index contributed by atoms with van der Waals surface area (Å²) in [5.74, 6) is 0.585. The molecule has 2 aliphatic rings. The van der Waals surface area contributed by atoms with Crippen LogP contribution in [0.1, 0.15) is 42.4 Å². The zero-order valence-corrected chi connectivity index (χ0v) is 14.7. The first-order chi connectivity index (χ1) is 12.8. The number of halogens is 3. The second-order valence-electron chi connectivity index (χ2n) is 7.15. The SMILES string of the molecule is Cc1cc(-c2ccc(C(F)(F)F)cc2)nc([C@@H]2CC[C@]3(CCNC3=O)N2)n1. The molecule has 0 saturated carbocycles. The highest BCUT2D eigenvalue weighted by atomic mass is 19.4. The Labute approximate surface area is 154 Å². The van der Waals surface area contributed by atoms with Crippen molar-refractivity contribution in [3.8, 4) is 11.3 Å². The van der Waals surface area contributed by atoms with Crippen LogP contribution in [0.5, 0.6) is 0 Å². The molecule has 3 heterocycles. The van der Waals surface area contributed by atoms with Gasteiger partial charge in [0, 0.05) is 17.8 Å². The van der Waals surface area contributed by atoms with Crippen molar-refractivity contribution in [3.63, 3.8) is 0 Å². The number of amides is 1. The Balaban J connectivity index is 1.62. The molecular weight excluding hydrogens is 357 g/mol. The van der Waals surface area contributed by atoms with E-state index < -0.39 is 17.3 Å². The van der Waals surface area contributed by atoms with Gasteiger partial charge in [-0.1, -0.05) is 12.1 Å². The van der Waals surface area contributed by atoms with Gasteiger partial charge in [-0.25, -0.2) is 9.97 Å². The van der Waals surface area contributed by atoms with Gasteiger partial charge in [-0.15, -0.1) is 0 Å². The van der Waals surface area contributed by atoms with Crippen molar-refractivity contribution in [1.29, 1.82) is 0 Å². The maximum atomic E-state index is 12.8. The van der Waals surface area contributed by atoms with Gasteiger partial charge in [0.2, 0.25) is 5.91 Å². The first-order valence-electron chi connectivity index (χ1n) is 8.86. The van der Waals surface area contributed by atoms with Gasteiger partial charge >= 0.3 is 6.18 Å². The Kier molecular flexibility index (Phi) is 4.18. The van der Waals surface area contributed by atoms with Crippen molar-refractivity contribution >= 4 is 5.91 Å². The van der Waals surface area contributed by atoms with Crippen molar-refractivity contribution < 1.29 is 18.0 Å². The fourth-order valence-corrected chi connectivity index (χ4v) is 3.84. The number of hydrogen-bond acceptors (Lipinski definition) is 4. The normalized spacial score (nSPS) is 25.2. The van der Waals surface area contributed by atoms with Crippen LogP contribution in [0.2, 0.25) is 0 Å². The number of benzene rings is 1. The fraction of sp³-hybridized carbons (Fsp3) is 0.421. The zero-order chi connectivity index (χ0) is 19.2. The lowest BCUT2D eigenvalue weighted by Gasteiger charge is -2.21. The zero-order valence-electron chi connectivity index (χ0n) is 14.7. The number of nitrogens with one attached hydrogen (secondary N) is 2. The van der Waals surface area contributed by atoms with Crippen molar-refractivity contribution in [1.82, 2.24) is 20.6 Å². The number of alkyl halides is 3. The Bertz CT molecular complexity index is 882. The third-order valence-corrected chi connectivity index (χ3v) is 5.27. The van der Waals surface area contributed by atoms with E-state index in [1.165, 1.54) is 12.1 Å². The molecule has 1 amide bonds. The third kappa shape index (κ3) is 3.29. The molecule has 8 heteroatoms. The van der Waals surface area contributed by atoms with E-state index in [-0.39, 0.29) is 11.9 Å². The summed E-state index contributed by atoms with van der Waals surface area (Å²) < 4.78 is 38.3. The highest BCUT2D eigenvalue weighted by molar-refractivity contribution is 5.88. The Hall–Kier alpha value is -2.48. The topological polar surface area (TPSA) is 66.9 Å². The lowest BCUT2D eigenvalue weighted by Crippen LogP contribution is -2.47. The lowest BCUT2D eigenvalue weighted by molar-refractivity contribution is -0.137. The lowest BCUT2D eigenvalue weighted by atomic mass is 9.96. The van der Waals surface area contributed by atoms with Gasteiger partial charge in [-0.2, -0.15) is 13.2 Å². The Morgan fingerprint density at radius 3 is 2.52 bits per heavy atom. The first kappa shape index (κ1) is 17.9. The number of carbonyl (C=O) groups is 1. The van der Waals surface area contributed by atoms with Crippen LogP contribution in [-0.2, 0) is 11.0 Å². The van der Waals surface area contributed by atoms with Gasteiger partial charge in [-0.05, 0) is 44.4 Å². The van der Waals surface area contributed by atoms with Crippen molar-refractivity contribution in [2.45, 2.75) is 43.9 Å². The summed E-state index contributed by atoms with van der Waals surface area (Å²) in [4.78, 5) is 21.2. The third-order valence-electron chi connectivity index (χ3n) is 5.27. The smallest absolute Gasteiger partial charge is 0.354 e. The number of rotatable bonds is 2. The number of nitrogens with zero attached hydrogens (tertiary/aromatic N) is 2. The summed E-state index contributed by atoms with van der Waals surface area (Å²) >= 11 is 0. The maximum Gasteiger partial charge on any atom is 0.416 e. The standard InChI is InChI=1S/C19H19F3N4O/c1-11-10-15(12-2-4-13(5-3-12)19(20,21)22)25-16(24-11)14-6-7-18(26-14)8-9-23-17(18)27/h2-5,10,14,26H,6-9H2,1H3,(H,23,27)/t14-,18+/m0/s1. The molecule has 0 radical (unpaired) electrons. The molecule has 4 rings (SSSR count). The van der Waals surface area contributed by atoms with Crippen molar-refractivity contribution in [2.24, 2.45) is 0 Å². The minimum Gasteiger partial charge on any atom is -0.354 e. The van der Waals surface area contributed by atoms with Crippen molar-refractivity contribution in [3.05, 3.63) is 47.4 Å². The molecule has 5 nitrogen and oxygen atoms in total. The summed E-state index contributed by atoms with van der Waals surface area (Å²) in [7, 11) is 0. The Morgan fingerprint density at radius 2 is 1.89 bits per heavy atom. The molecule has 142 valence electrons. The molecule has 27 heavy (non-hydrogen) atoms. The van der Waals surface area contributed by atoms with Gasteiger partial charge in [0.25, 0.3) is 0 Å². The predicted molar refractivity (Wildman–Crippen MR) is 92.7 cm³/mol. The van der Waals surface area contributed by atoms with Crippen LogP contribution < -0.4 is 10.6 Å². The van der Waals surface area contributed by atoms with Gasteiger partial charge in [0.05, 0.1) is 17.3 Å². The first-order valence-corrected chi connectivity index (χ1v) is 8.86. The van der Waals surface area contributed by atoms with Crippen LogP contribution in [0, 0.1) is 6.92 Å². The summed E-state index contributed by atoms with van der Waals surface area (Å²) in [6.07, 6.45) is -2.17. The molecule has 1 aromatic carbocycles. The average molecular weight is 376 g/mol. The predicted octanol–water partition coefficient (Wildman–Crippen LogP) is 3.15. The molecule has 0 bridgehead atoms. The van der Waals surface area contributed by atoms with Crippen molar-refractivity contribution in [2.75, 3.05) is 6.54 Å². The summed E-state index contributed by atoms with van der Waals surface area (Å²) in [6.45, 7) is 2.48. The van der Waals surface area contributed by atoms with Gasteiger partial charge in [-0.3, -0.25) is 10.1 Å². The molecule has 2 saturated heterocycles. The molecule has 2 fully saturated rings. The maximum absolute atomic E-state index is 12.8. The molecular formula is C19H19F3N4O. The molecule has 2 aromatic rings. The number of hydrogen-bond donors (Lipinski definition) is 2. The van der Waals surface area contributed by atoms with Crippen LogP contribution in [-0.4, -0.2) is 28.0 Å². The van der Waals surface area contributed by atoms with Crippen LogP contribution in [0.25, 0.3) is 11.3 Å². The van der Waals surface area contributed by atoms with Gasteiger partial charge in [0.1, 0.15) is 11.4 Å². The molecule has 1 aromatic heterocycles. The molecule has 2 atom stereocenters. The molecule has 0 aliphatic carbocycles. The minimum atomic E-state index is -4.37. The average Bonchev–Trinajstić information content (AvgIpc) is 3.21. The number of carbonyl (C=O) groups excluding carboxylic acids is 1. The van der Waals surface area contributed by atoms with Crippen LogP contribution in [0.15, 0.2) is 30.3 Å². The molecule has 1 spiro atoms. The number of aromatic nitrogens is 2. The molecule has 0 unspecified atom stereocenters. The van der Waals surface area contributed by atoms with E-state index in [2.05, 4.69) is 20.6 Å². The van der Waals surface area contributed by atoms with E-state index in [1.54, 1.807) is 6.07 Å². The highest BCUT2D eigenvalue weighted by Crippen LogP contribution is 2.36. The van der Waals surface area contributed by atoms with Crippen LogP contribution in [0.3, 0.4) is 0 Å². The summed E-state index contributed by atoms with van der Waals surface area (Å²) in [5, 5.41) is 6.24. The highest BCUT2D eigenvalue weighted by Gasteiger charge is 2.48. The fourth-order valence-electron chi connectivity index (χ4n) is 3.84. The Morgan fingerprint density at radius 1 is 1.15 bits per heavy atom. The second-order valence-corrected chi connectivity index (χ2v) is 7.15. The van der Waals surface area contributed by atoms with E-state index in [1.807, 2.05) is 6.92 Å².